The molecule has 5 rings (SSSR count). The Morgan fingerprint density at radius 3 is 2.68 bits per heavy atom. The fraction of sp³-hybridized carbons (Fsp3) is 0.0833. The van der Waals surface area contributed by atoms with Crippen molar-refractivity contribution < 1.29 is 18.7 Å². The third kappa shape index (κ3) is 3.91. The summed E-state index contributed by atoms with van der Waals surface area (Å²) in [5.41, 5.74) is 0.544. The number of nitrogens with zero attached hydrogens (tertiary/aromatic N) is 2. The van der Waals surface area contributed by atoms with Crippen molar-refractivity contribution in [1.82, 2.24) is 9.78 Å². The summed E-state index contributed by atoms with van der Waals surface area (Å²) in [6.07, 6.45) is 0. The Balaban J connectivity index is 1.63. The predicted octanol–water partition coefficient (Wildman–Crippen LogP) is 5.38. The number of fused-ring (bicyclic) bond motifs is 2. The minimum atomic E-state index is -0.661. The molecule has 3 heterocycles. The Kier molecular flexibility index (Phi) is 5.76. The van der Waals surface area contributed by atoms with Gasteiger partial charge >= 0.3 is 5.97 Å². The maximum atomic E-state index is 13.5. The van der Waals surface area contributed by atoms with E-state index in [1.807, 2.05) is 18.2 Å². The molecule has 8 nitrogen and oxygen atoms in total. The third-order valence-electron chi connectivity index (χ3n) is 5.07. The maximum Gasteiger partial charge on any atom is 0.359 e. The highest BCUT2D eigenvalue weighted by molar-refractivity contribution is 9.10. The number of carbonyl (C=O) groups is 2. The molecule has 34 heavy (non-hydrogen) atoms. The number of aromatic nitrogens is 2. The van der Waals surface area contributed by atoms with Gasteiger partial charge in [-0.3, -0.25) is 9.59 Å². The number of benzene rings is 2. The summed E-state index contributed by atoms with van der Waals surface area (Å²) >= 11 is 4.49. The molecule has 5 aromatic rings. The molecule has 1 amide bonds. The van der Waals surface area contributed by atoms with Crippen molar-refractivity contribution in [2.75, 3.05) is 11.9 Å². The maximum absolute atomic E-state index is 13.5. The monoisotopic (exact) mass is 537 g/mol. The standard InChI is InChI=1S/C24H16BrN3O5S/c1-2-32-24(31)20-16-12-34-22(26-21(29)18-11-13-5-3-4-6-17(13)33-18)19(16)23(30)28(27-20)15-9-7-14(25)8-10-15/h3-12H,2H2,1H3,(H,26,29). The fourth-order valence-electron chi connectivity index (χ4n) is 3.51. The quantitative estimate of drug-likeness (QED) is 0.301. The molecule has 0 spiro atoms. The van der Waals surface area contributed by atoms with Gasteiger partial charge in [0.15, 0.2) is 11.5 Å². The number of carbonyl (C=O) groups excluding carboxylic acids is 2. The van der Waals surface area contributed by atoms with E-state index in [9.17, 15) is 14.4 Å². The number of hydrogen-bond donors (Lipinski definition) is 1. The first-order chi connectivity index (χ1) is 16.5. The van der Waals surface area contributed by atoms with Crippen molar-refractivity contribution in [1.29, 1.82) is 0 Å². The number of rotatable bonds is 5. The summed E-state index contributed by atoms with van der Waals surface area (Å²) in [5, 5.41) is 10.2. The van der Waals surface area contributed by atoms with Gasteiger partial charge < -0.3 is 14.5 Å². The highest BCUT2D eigenvalue weighted by Gasteiger charge is 2.24. The molecule has 0 saturated carbocycles. The Hall–Kier alpha value is -3.76. The average Bonchev–Trinajstić information content (AvgIpc) is 3.45. The minimum Gasteiger partial charge on any atom is -0.461 e. The molecule has 0 bridgehead atoms. The molecule has 0 unspecified atom stereocenters. The van der Waals surface area contributed by atoms with Crippen LogP contribution in [0.25, 0.3) is 27.4 Å². The van der Waals surface area contributed by atoms with Crippen molar-refractivity contribution in [3.63, 3.8) is 0 Å². The SMILES string of the molecule is CCOC(=O)c1nn(-c2ccc(Br)cc2)c(=O)c2c(NC(=O)c3cc4ccccc4o3)scc12. The van der Waals surface area contributed by atoms with Crippen LogP contribution in [-0.4, -0.2) is 28.3 Å². The summed E-state index contributed by atoms with van der Waals surface area (Å²) in [4.78, 5) is 39.0. The van der Waals surface area contributed by atoms with Gasteiger partial charge in [0.1, 0.15) is 10.6 Å². The molecule has 0 aliphatic carbocycles. The van der Waals surface area contributed by atoms with E-state index < -0.39 is 17.4 Å². The number of hydrogen-bond acceptors (Lipinski definition) is 7. The zero-order valence-corrected chi connectivity index (χ0v) is 20.1. The van der Waals surface area contributed by atoms with E-state index >= 15 is 0 Å². The minimum absolute atomic E-state index is 0.0140. The second-order valence-corrected chi connectivity index (χ2v) is 9.01. The lowest BCUT2D eigenvalue weighted by atomic mass is 10.2. The second kappa shape index (κ2) is 8.88. The Morgan fingerprint density at radius 2 is 1.94 bits per heavy atom. The van der Waals surface area contributed by atoms with Crippen LogP contribution in [0.15, 0.2) is 73.7 Å². The molecule has 0 atom stereocenters. The molecule has 0 radical (unpaired) electrons. The number of ether oxygens (including phenoxy) is 1. The summed E-state index contributed by atoms with van der Waals surface area (Å²) < 4.78 is 12.7. The van der Waals surface area contributed by atoms with Gasteiger partial charge in [-0.2, -0.15) is 9.78 Å². The number of esters is 1. The van der Waals surface area contributed by atoms with Gasteiger partial charge in [0.05, 0.1) is 17.7 Å². The average molecular weight is 538 g/mol. The lowest BCUT2D eigenvalue weighted by Crippen LogP contribution is -2.25. The van der Waals surface area contributed by atoms with Gasteiger partial charge in [0.2, 0.25) is 0 Å². The van der Waals surface area contributed by atoms with Crippen molar-refractivity contribution in [3.05, 3.63) is 86.3 Å². The lowest BCUT2D eigenvalue weighted by molar-refractivity contribution is 0.0520. The van der Waals surface area contributed by atoms with Crippen LogP contribution in [-0.2, 0) is 4.74 Å². The molecular formula is C24H16BrN3O5S. The first kappa shape index (κ1) is 22.1. The van der Waals surface area contributed by atoms with Gasteiger partial charge in [-0.1, -0.05) is 34.1 Å². The van der Waals surface area contributed by atoms with Crippen molar-refractivity contribution in [3.8, 4) is 5.69 Å². The normalized spacial score (nSPS) is 11.1. The van der Waals surface area contributed by atoms with Crippen LogP contribution in [0.2, 0.25) is 0 Å². The van der Waals surface area contributed by atoms with Crippen LogP contribution in [0.4, 0.5) is 5.00 Å². The summed E-state index contributed by atoms with van der Waals surface area (Å²) in [7, 11) is 0. The molecule has 0 aliphatic heterocycles. The van der Waals surface area contributed by atoms with Gasteiger partial charge in [-0.25, -0.2) is 4.79 Å². The summed E-state index contributed by atoms with van der Waals surface area (Å²) in [5.74, 6) is -1.06. The topological polar surface area (TPSA) is 103 Å². The molecular weight excluding hydrogens is 522 g/mol. The smallest absolute Gasteiger partial charge is 0.359 e. The second-order valence-electron chi connectivity index (χ2n) is 7.22. The molecule has 1 N–H and O–H groups in total. The van der Waals surface area contributed by atoms with Crippen LogP contribution in [0.5, 0.6) is 0 Å². The molecule has 0 saturated heterocycles. The van der Waals surface area contributed by atoms with Crippen LogP contribution in [0.3, 0.4) is 0 Å². The highest BCUT2D eigenvalue weighted by Crippen LogP contribution is 2.31. The van der Waals surface area contributed by atoms with Crippen LogP contribution >= 0.6 is 27.3 Å². The van der Waals surface area contributed by atoms with Gasteiger partial charge in [0, 0.05) is 20.6 Å². The number of para-hydroxylation sites is 1. The van der Waals surface area contributed by atoms with E-state index in [0.717, 1.165) is 25.9 Å². The number of amides is 1. The first-order valence-corrected chi connectivity index (χ1v) is 11.9. The van der Waals surface area contributed by atoms with Gasteiger partial charge in [-0.05, 0) is 43.3 Å². The van der Waals surface area contributed by atoms with Gasteiger partial charge in [-0.15, -0.1) is 11.3 Å². The largest absolute Gasteiger partial charge is 0.461 e. The van der Waals surface area contributed by atoms with E-state index in [1.165, 1.54) is 0 Å². The van der Waals surface area contributed by atoms with E-state index in [-0.39, 0.29) is 28.4 Å². The Morgan fingerprint density at radius 1 is 1.18 bits per heavy atom. The van der Waals surface area contributed by atoms with Crippen molar-refractivity contribution in [2.45, 2.75) is 6.92 Å². The third-order valence-corrected chi connectivity index (χ3v) is 6.49. The fourth-order valence-corrected chi connectivity index (χ4v) is 4.70. The number of thiophene rings is 1. The van der Waals surface area contributed by atoms with E-state index in [1.54, 1.807) is 48.7 Å². The van der Waals surface area contributed by atoms with Gasteiger partial charge in [0.25, 0.3) is 11.5 Å². The Labute approximate surface area is 204 Å². The zero-order valence-electron chi connectivity index (χ0n) is 17.7. The molecule has 3 aromatic heterocycles. The van der Waals surface area contributed by atoms with E-state index in [0.29, 0.717) is 16.7 Å². The summed E-state index contributed by atoms with van der Waals surface area (Å²) in [6.45, 7) is 1.84. The molecule has 170 valence electrons. The number of anilines is 1. The summed E-state index contributed by atoms with van der Waals surface area (Å²) in [6, 6.07) is 15.8. The van der Waals surface area contributed by atoms with Crippen LogP contribution in [0, 0.1) is 0 Å². The van der Waals surface area contributed by atoms with Crippen molar-refractivity contribution >= 4 is 65.9 Å². The van der Waals surface area contributed by atoms with E-state index in [2.05, 4.69) is 26.3 Å². The van der Waals surface area contributed by atoms with Crippen LogP contribution in [0.1, 0.15) is 28.0 Å². The number of nitrogens with one attached hydrogen (secondary N) is 1. The van der Waals surface area contributed by atoms with Crippen LogP contribution < -0.4 is 10.9 Å². The van der Waals surface area contributed by atoms with E-state index in [4.69, 9.17) is 9.15 Å². The molecule has 2 aromatic carbocycles. The zero-order chi connectivity index (χ0) is 23.8. The number of halogens is 1. The number of furan rings is 1. The highest BCUT2D eigenvalue weighted by atomic mass is 79.9. The predicted molar refractivity (Wildman–Crippen MR) is 133 cm³/mol. The Bertz CT molecular complexity index is 1580. The first-order valence-electron chi connectivity index (χ1n) is 10.2. The van der Waals surface area contributed by atoms with Crippen molar-refractivity contribution in [2.24, 2.45) is 0 Å². The molecule has 0 aliphatic rings. The molecule has 0 fully saturated rings. The lowest BCUT2D eigenvalue weighted by Gasteiger charge is -2.10. The molecule has 10 heteroatoms.